The van der Waals surface area contributed by atoms with E-state index < -0.39 is 17.6 Å². The minimum Gasteiger partial charge on any atom is -0.329 e. The van der Waals surface area contributed by atoms with Gasteiger partial charge in [0.2, 0.25) is 0 Å². The van der Waals surface area contributed by atoms with Gasteiger partial charge in [0.25, 0.3) is 5.91 Å². The van der Waals surface area contributed by atoms with Crippen molar-refractivity contribution < 1.29 is 18.0 Å². The van der Waals surface area contributed by atoms with Gasteiger partial charge >= 0.3 is 6.18 Å². The predicted octanol–water partition coefficient (Wildman–Crippen LogP) is 5.12. The molecule has 1 amide bonds. The van der Waals surface area contributed by atoms with Gasteiger partial charge in [0.05, 0.1) is 11.1 Å². The number of carbonyl (C=O) groups excluding carboxylic acids is 1. The molecule has 1 N–H and O–H groups in total. The zero-order chi connectivity index (χ0) is 19.4. The van der Waals surface area contributed by atoms with Crippen molar-refractivity contribution in [3.8, 4) is 0 Å². The van der Waals surface area contributed by atoms with Crippen LogP contribution in [-0.2, 0) is 6.18 Å². The van der Waals surface area contributed by atoms with Gasteiger partial charge in [-0.2, -0.15) is 13.2 Å². The van der Waals surface area contributed by atoms with Crippen LogP contribution < -0.4 is 10.2 Å². The molecule has 138 valence electrons. The molecule has 0 bridgehead atoms. The van der Waals surface area contributed by atoms with Gasteiger partial charge in [-0.15, -0.1) is 0 Å². The molecule has 0 aliphatic heterocycles. The van der Waals surface area contributed by atoms with E-state index in [0.717, 1.165) is 17.8 Å². The van der Waals surface area contributed by atoms with Crippen LogP contribution in [0.2, 0.25) is 0 Å². The van der Waals surface area contributed by atoms with E-state index in [2.05, 4.69) is 10.3 Å². The molecular weight excluding hydrogens is 355 g/mol. The highest BCUT2D eigenvalue weighted by atomic mass is 19.4. The molecule has 0 saturated heterocycles. The monoisotopic (exact) mass is 371 g/mol. The number of aromatic nitrogens is 1. The summed E-state index contributed by atoms with van der Waals surface area (Å²) in [5.41, 5.74) is 0.433. The van der Waals surface area contributed by atoms with Crippen molar-refractivity contribution >= 4 is 23.1 Å². The number of pyridine rings is 1. The third-order valence-electron chi connectivity index (χ3n) is 3.94. The van der Waals surface area contributed by atoms with Crippen molar-refractivity contribution in [3.63, 3.8) is 0 Å². The van der Waals surface area contributed by atoms with Crippen LogP contribution in [0.3, 0.4) is 0 Å². The lowest BCUT2D eigenvalue weighted by Gasteiger charge is -2.18. The first-order valence-electron chi connectivity index (χ1n) is 8.08. The summed E-state index contributed by atoms with van der Waals surface area (Å²) in [6.07, 6.45) is -3.08. The molecule has 0 unspecified atom stereocenters. The van der Waals surface area contributed by atoms with Gasteiger partial charge in [0, 0.05) is 24.6 Å². The lowest BCUT2D eigenvalue weighted by atomic mass is 10.2. The Morgan fingerprint density at radius 2 is 1.74 bits per heavy atom. The summed E-state index contributed by atoms with van der Waals surface area (Å²) in [5, 5.41) is 2.46. The van der Waals surface area contributed by atoms with Crippen molar-refractivity contribution in [2.75, 3.05) is 17.3 Å². The average molecular weight is 371 g/mol. The van der Waals surface area contributed by atoms with Crippen molar-refractivity contribution in [3.05, 3.63) is 84.1 Å². The zero-order valence-electron chi connectivity index (χ0n) is 14.4. The third-order valence-corrected chi connectivity index (χ3v) is 3.94. The van der Waals surface area contributed by atoms with Crippen LogP contribution >= 0.6 is 0 Å². The second-order valence-electron chi connectivity index (χ2n) is 5.83. The molecule has 7 heteroatoms. The number of nitrogens with one attached hydrogen (secondary N) is 1. The van der Waals surface area contributed by atoms with Crippen molar-refractivity contribution in [2.45, 2.75) is 6.18 Å². The summed E-state index contributed by atoms with van der Waals surface area (Å²) < 4.78 is 38.3. The highest BCUT2D eigenvalue weighted by Gasteiger charge is 2.30. The summed E-state index contributed by atoms with van der Waals surface area (Å²) in [6, 6.07) is 17.3. The maximum Gasteiger partial charge on any atom is 0.416 e. The second-order valence-corrected chi connectivity index (χ2v) is 5.83. The highest BCUT2D eigenvalue weighted by Crippen LogP contribution is 2.30. The number of amides is 1. The number of alkyl halides is 3. The number of para-hydroxylation sites is 1. The van der Waals surface area contributed by atoms with Gasteiger partial charge in [0.15, 0.2) is 0 Å². The maximum atomic E-state index is 12.8. The summed E-state index contributed by atoms with van der Waals surface area (Å²) in [6.45, 7) is 0. The Bertz CT molecular complexity index is 925. The Hall–Kier alpha value is -3.35. The first kappa shape index (κ1) is 18.4. The van der Waals surface area contributed by atoms with Gasteiger partial charge in [-0.05, 0) is 42.5 Å². The van der Waals surface area contributed by atoms with E-state index in [-0.39, 0.29) is 11.3 Å². The molecule has 2 aromatic carbocycles. The minimum absolute atomic E-state index is 0.0697. The van der Waals surface area contributed by atoms with Crippen LogP contribution in [0, 0.1) is 0 Å². The Morgan fingerprint density at radius 3 is 2.37 bits per heavy atom. The Labute approximate surface area is 154 Å². The number of anilines is 3. The molecule has 4 nitrogen and oxygen atoms in total. The van der Waals surface area contributed by atoms with Gasteiger partial charge in [-0.25, -0.2) is 4.98 Å². The molecule has 0 aliphatic rings. The summed E-state index contributed by atoms with van der Waals surface area (Å²) in [4.78, 5) is 18.4. The molecule has 1 aromatic heterocycles. The molecule has 3 aromatic rings. The van der Waals surface area contributed by atoms with E-state index in [1.807, 2.05) is 42.3 Å². The third kappa shape index (κ3) is 4.44. The van der Waals surface area contributed by atoms with Gasteiger partial charge < -0.3 is 10.2 Å². The molecule has 0 atom stereocenters. The molecule has 3 rings (SSSR count). The van der Waals surface area contributed by atoms with E-state index in [9.17, 15) is 18.0 Å². The maximum absolute atomic E-state index is 12.8. The van der Waals surface area contributed by atoms with E-state index in [1.54, 1.807) is 12.1 Å². The average Bonchev–Trinajstić information content (AvgIpc) is 2.68. The quantitative estimate of drug-likeness (QED) is 0.692. The highest BCUT2D eigenvalue weighted by molar-refractivity contribution is 6.04. The fourth-order valence-corrected chi connectivity index (χ4v) is 2.48. The normalized spacial score (nSPS) is 11.1. The van der Waals surface area contributed by atoms with E-state index >= 15 is 0 Å². The van der Waals surface area contributed by atoms with Gasteiger partial charge in [0.1, 0.15) is 5.82 Å². The lowest BCUT2D eigenvalue weighted by Crippen LogP contribution is -2.15. The van der Waals surface area contributed by atoms with Crippen molar-refractivity contribution in [1.82, 2.24) is 4.98 Å². The zero-order valence-corrected chi connectivity index (χ0v) is 14.4. The first-order chi connectivity index (χ1) is 12.8. The first-order valence-corrected chi connectivity index (χ1v) is 8.08. The number of benzene rings is 2. The Kier molecular flexibility index (Phi) is 5.12. The van der Waals surface area contributed by atoms with E-state index in [4.69, 9.17) is 0 Å². The second kappa shape index (κ2) is 7.49. The number of halogens is 3. The molecular formula is C20H16F3N3O. The number of hydrogen-bond donors (Lipinski definition) is 1. The number of nitrogens with zero attached hydrogens (tertiary/aromatic N) is 2. The standard InChI is InChI=1S/C20H16F3N3O/c1-26(17-8-3-2-4-9-17)18-11-10-14(13-24-18)19(27)25-16-7-5-6-15(12-16)20(21,22)23/h2-13H,1H3,(H,25,27). The molecule has 0 saturated carbocycles. The van der Waals surface area contributed by atoms with Gasteiger partial charge in [-0.3, -0.25) is 4.79 Å². The van der Waals surface area contributed by atoms with Gasteiger partial charge in [-0.1, -0.05) is 24.3 Å². The van der Waals surface area contributed by atoms with Crippen LogP contribution in [0.15, 0.2) is 72.9 Å². The van der Waals surface area contributed by atoms with E-state index in [0.29, 0.717) is 5.82 Å². The van der Waals surface area contributed by atoms with Crippen LogP contribution in [0.25, 0.3) is 0 Å². The molecule has 27 heavy (non-hydrogen) atoms. The topological polar surface area (TPSA) is 45.2 Å². The molecule has 0 aliphatic carbocycles. The van der Waals surface area contributed by atoms with Crippen LogP contribution in [0.1, 0.15) is 15.9 Å². The fourth-order valence-electron chi connectivity index (χ4n) is 2.48. The number of hydrogen-bond acceptors (Lipinski definition) is 3. The van der Waals surface area contributed by atoms with Crippen molar-refractivity contribution in [1.29, 1.82) is 0 Å². The number of carbonyl (C=O) groups is 1. The largest absolute Gasteiger partial charge is 0.416 e. The Morgan fingerprint density at radius 1 is 1.00 bits per heavy atom. The predicted molar refractivity (Wildman–Crippen MR) is 98.1 cm³/mol. The van der Waals surface area contributed by atoms with E-state index in [1.165, 1.54) is 18.3 Å². The summed E-state index contributed by atoms with van der Waals surface area (Å²) in [7, 11) is 1.85. The summed E-state index contributed by atoms with van der Waals surface area (Å²) in [5.74, 6) is 0.104. The molecule has 0 spiro atoms. The molecule has 0 fully saturated rings. The molecule has 0 radical (unpaired) electrons. The summed E-state index contributed by atoms with van der Waals surface area (Å²) >= 11 is 0. The van der Waals surface area contributed by atoms with Crippen LogP contribution in [0.4, 0.5) is 30.4 Å². The van der Waals surface area contributed by atoms with Crippen LogP contribution in [0.5, 0.6) is 0 Å². The minimum atomic E-state index is -4.47. The van der Waals surface area contributed by atoms with Crippen molar-refractivity contribution in [2.24, 2.45) is 0 Å². The SMILES string of the molecule is CN(c1ccccc1)c1ccc(C(=O)Nc2cccc(C(F)(F)F)c2)cn1. The van der Waals surface area contributed by atoms with Crippen LogP contribution in [-0.4, -0.2) is 17.9 Å². The smallest absolute Gasteiger partial charge is 0.329 e. The Balaban J connectivity index is 1.73. The number of rotatable bonds is 4. The molecule has 1 heterocycles. The fraction of sp³-hybridized carbons (Fsp3) is 0.100. The lowest BCUT2D eigenvalue weighted by molar-refractivity contribution is -0.137.